The van der Waals surface area contributed by atoms with Crippen LogP contribution in [0.1, 0.15) is 29.6 Å². The molecule has 0 radical (unpaired) electrons. The van der Waals surface area contributed by atoms with Crippen molar-refractivity contribution in [2.24, 2.45) is 0 Å². The SMILES string of the molecule is O=C(Nc1cccc(N2CCCCC2=O)c1)c1ccncc1. The zero-order chi connectivity index (χ0) is 15.4. The maximum atomic E-state index is 12.1. The first kappa shape index (κ1) is 14.3. The predicted octanol–water partition coefficient (Wildman–Crippen LogP) is 2.85. The van der Waals surface area contributed by atoms with Crippen molar-refractivity contribution in [1.82, 2.24) is 4.98 Å². The Morgan fingerprint density at radius 1 is 1.14 bits per heavy atom. The fourth-order valence-electron chi connectivity index (χ4n) is 2.54. The van der Waals surface area contributed by atoms with Gasteiger partial charge in [0.05, 0.1) is 0 Å². The fraction of sp³-hybridized carbons (Fsp3) is 0.235. The molecule has 5 nitrogen and oxygen atoms in total. The number of benzene rings is 1. The summed E-state index contributed by atoms with van der Waals surface area (Å²) < 4.78 is 0. The summed E-state index contributed by atoms with van der Waals surface area (Å²) in [5, 5.41) is 2.85. The van der Waals surface area contributed by atoms with Crippen molar-refractivity contribution in [3.63, 3.8) is 0 Å². The maximum absolute atomic E-state index is 12.1. The number of nitrogens with one attached hydrogen (secondary N) is 1. The lowest BCUT2D eigenvalue weighted by Gasteiger charge is -2.27. The van der Waals surface area contributed by atoms with E-state index in [-0.39, 0.29) is 11.8 Å². The minimum absolute atomic E-state index is 0.142. The Hall–Kier alpha value is -2.69. The van der Waals surface area contributed by atoms with Crippen LogP contribution in [0.5, 0.6) is 0 Å². The molecule has 0 saturated carbocycles. The quantitative estimate of drug-likeness (QED) is 0.947. The molecule has 0 spiro atoms. The van der Waals surface area contributed by atoms with Crippen LogP contribution in [0.2, 0.25) is 0 Å². The van der Waals surface area contributed by atoms with E-state index in [1.807, 2.05) is 24.3 Å². The third-order valence-corrected chi connectivity index (χ3v) is 3.68. The van der Waals surface area contributed by atoms with Crippen LogP contribution in [0.4, 0.5) is 11.4 Å². The number of rotatable bonds is 3. The van der Waals surface area contributed by atoms with Gasteiger partial charge in [0.2, 0.25) is 5.91 Å². The minimum atomic E-state index is -0.190. The summed E-state index contributed by atoms with van der Waals surface area (Å²) in [6, 6.07) is 10.7. The van der Waals surface area contributed by atoms with E-state index >= 15 is 0 Å². The number of pyridine rings is 1. The van der Waals surface area contributed by atoms with Crippen LogP contribution < -0.4 is 10.2 Å². The van der Waals surface area contributed by atoms with Crippen LogP contribution in [-0.2, 0) is 4.79 Å². The molecule has 5 heteroatoms. The van der Waals surface area contributed by atoms with Gasteiger partial charge in [-0.2, -0.15) is 0 Å². The summed E-state index contributed by atoms with van der Waals surface area (Å²) in [6.45, 7) is 0.737. The number of amides is 2. The van der Waals surface area contributed by atoms with Crippen molar-refractivity contribution >= 4 is 23.2 Å². The van der Waals surface area contributed by atoms with Crippen LogP contribution in [0.15, 0.2) is 48.8 Å². The minimum Gasteiger partial charge on any atom is -0.322 e. The molecule has 1 aliphatic heterocycles. The van der Waals surface area contributed by atoms with Gasteiger partial charge in [-0.3, -0.25) is 14.6 Å². The number of anilines is 2. The molecule has 3 rings (SSSR count). The molecule has 1 N–H and O–H groups in total. The highest BCUT2D eigenvalue weighted by Crippen LogP contribution is 2.24. The first-order valence-electron chi connectivity index (χ1n) is 7.36. The molecule has 2 heterocycles. The van der Waals surface area contributed by atoms with Gasteiger partial charge in [-0.1, -0.05) is 6.07 Å². The monoisotopic (exact) mass is 295 g/mol. The van der Waals surface area contributed by atoms with Gasteiger partial charge < -0.3 is 10.2 Å². The summed E-state index contributed by atoms with van der Waals surface area (Å²) in [6.07, 6.45) is 5.72. The zero-order valence-corrected chi connectivity index (χ0v) is 12.2. The molecule has 0 bridgehead atoms. The standard InChI is InChI=1S/C17H17N3O2/c21-16-6-1-2-11-20(16)15-5-3-4-14(12-15)19-17(22)13-7-9-18-10-8-13/h3-5,7-10,12H,1-2,6,11H2,(H,19,22). The van der Waals surface area contributed by atoms with Crippen LogP contribution in [0.3, 0.4) is 0 Å². The molecule has 1 aromatic carbocycles. The Labute approximate surface area is 129 Å². The molecule has 2 amide bonds. The molecule has 1 fully saturated rings. The van der Waals surface area contributed by atoms with Gasteiger partial charge in [-0.05, 0) is 43.2 Å². The molecule has 0 atom stereocenters. The van der Waals surface area contributed by atoms with Gasteiger partial charge in [0, 0.05) is 42.3 Å². The fourth-order valence-corrected chi connectivity index (χ4v) is 2.54. The topological polar surface area (TPSA) is 62.3 Å². The second kappa shape index (κ2) is 6.39. The Bertz CT molecular complexity index is 685. The number of piperidine rings is 1. The van der Waals surface area contributed by atoms with Gasteiger partial charge in [0.1, 0.15) is 0 Å². The Morgan fingerprint density at radius 2 is 1.95 bits per heavy atom. The second-order valence-corrected chi connectivity index (χ2v) is 5.24. The highest BCUT2D eigenvalue weighted by atomic mass is 16.2. The number of nitrogens with zero attached hydrogens (tertiary/aromatic N) is 2. The first-order valence-corrected chi connectivity index (χ1v) is 7.36. The van der Waals surface area contributed by atoms with Gasteiger partial charge >= 0.3 is 0 Å². The summed E-state index contributed by atoms with van der Waals surface area (Å²) >= 11 is 0. The van der Waals surface area contributed by atoms with Gasteiger partial charge in [-0.25, -0.2) is 0 Å². The Morgan fingerprint density at radius 3 is 2.73 bits per heavy atom. The number of carbonyl (C=O) groups excluding carboxylic acids is 2. The Balaban J connectivity index is 1.76. The van der Waals surface area contributed by atoms with Crippen molar-refractivity contribution in [2.45, 2.75) is 19.3 Å². The summed E-state index contributed by atoms with van der Waals surface area (Å²) in [4.78, 5) is 29.8. The smallest absolute Gasteiger partial charge is 0.255 e. The van der Waals surface area contributed by atoms with Crippen LogP contribution in [0.25, 0.3) is 0 Å². The van der Waals surface area contributed by atoms with E-state index in [4.69, 9.17) is 0 Å². The summed E-state index contributed by atoms with van der Waals surface area (Å²) in [7, 11) is 0. The second-order valence-electron chi connectivity index (χ2n) is 5.24. The van der Waals surface area contributed by atoms with Gasteiger partial charge in [-0.15, -0.1) is 0 Å². The van der Waals surface area contributed by atoms with Crippen molar-refractivity contribution in [3.8, 4) is 0 Å². The first-order chi connectivity index (χ1) is 10.7. The van der Waals surface area contributed by atoms with Crippen LogP contribution >= 0.6 is 0 Å². The van der Waals surface area contributed by atoms with Gasteiger partial charge in [0.25, 0.3) is 5.91 Å². The predicted molar refractivity (Wildman–Crippen MR) is 84.8 cm³/mol. The molecule has 0 aliphatic carbocycles. The van der Waals surface area contributed by atoms with Crippen molar-refractivity contribution in [2.75, 3.05) is 16.8 Å². The van der Waals surface area contributed by atoms with E-state index in [2.05, 4.69) is 10.3 Å². The largest absolute Gasteiger partial charge is 0.322 e. The third kappa shape index (κ3) is 3.14. The van der Waals surface area contributed by atoms with Gasteiger partial charge in [0.15, 0.2) is 0 Å². The molecule has 2 aromatic rings. The van der Waals surface area contributed by atoms with E-state index in [0.717, 1.165) is 25.1 Å². The van der Waals surface area contributed by atoms with Crippen molar-refractivity contribution < 1.29 is 9.59 Å². The van der Waals surface area contributed by atoms with Crippen molar-refractivity contribution in [3.05, 3.63) is 54.4 Å². The summed E-state index contributed by atoms with van der Waals surface area (Å²) in [5.74, 6) is -0.0478. The highest BCUT2D eigenvalue weighted by Gasteiger charge is 2.19. The maximum Gasteiger partial charge on any atom is 0.255 e. The lowest BCUT2D eigenvalue weighted by Crippen LogP contribution is -2.35. The normalized spacial score (nSPS) is 14.7. The average molecular weight is 295 g/mol. The number of hydrogen-bond acceptors (Lipinski definition) is 3. The van der Waals surface area contributed by atoms with Crippen molar-refractivity contribution in [1.29, 1.82) is 0 Å². The zero-order valence-electron chi connectivity index (χ0n) is 12.2. The molecule has 112 valence electrons. The highest BCUT2D eigenvalue weighted by molar-refractivity contribution is 6.04. The molecule has 0 unspecified atom stereocenters. The van der Waals surface area contributed by atoms with E-state index in [0.29, 0.717) is 17.7 Å². The molecular formula is C17H17N3O2. The number of aromatic nitrogens is 1. The Kier molecular flexibility index (Phi) is 4.14. The average Bonchev–Trinajstić information content (AvgIpc) is 2.56. The van der Waals surface area contributed by atoms with E-state index in [1.54, 1.807) is 29.4 Å². The molecule has 1 saturated heterocycles. The van der Waals surface area contributed by atoms with Crippen LogP contribution in [0, 0.1) is 0 Å². The molecule has 1 aliphatic rings. The molecular weight excluding hydrogens is 278 g/mol. The third-order valence-electron chi connectivity index (χ3n) is 3.68. The lowest BCUT2D eigenvalue weighted by molar-refractivity contribution is -0.119. The lowest BCUT2D eigenvalue weighted by atomic mass is 10.1. The number of carbonyl (C=O) groups is 2. The van der Waals surface area contributed by atoms with Crippen LogP contribution in [-0.4, -0.2) is 23.3 Å². The molecule has 22 heavy (non-hydrogen) atoms. The van der Waals surface area contributed by atoms with E-state index < -0.39 is 0 Å². The number of hydrogen-bond donors (Lipinski definition) is 1. The molecule has 1 aromatic heterocycles. The van der Waals surface area contributed by atoms with E-state index in [9.17, 15) is 9.59 Å². The van der Waals surface area contributed by atoms with E-state index in [1.165, 1.54) is 0 Å². The summed E-state index contributed by atoms with van der Waals surface area (Å²) in [5.41, 5.74) is 2.06.